The number of aliphatic hydroxyl groups excluding tert-OH is 1. The van der Waals surface area contributed by atoms with E-state index < -0.39 is 6.10 Å². The first-order valence-electron chi connectivity index (χ1n) is 8.83. The molecule has 2 aromatic rings. The highest BCUT2D eigenvalue weighted by molar-refractivity contribution is 7.99. The maximum absolute atomic E-state index is 12.9. The number of thioether (sulfide) groups is 1. The molecule has 6 nitrogen and oxygen atoms in total. The summed E-state index contributed by atoms with van der Waals surface area (Å²) in [4.78, 5) is 8.96. The van der Waals surface area contributed by atoms with Crippen molar-refractivity contribution >= 4 is 28.8 Å². The number of nitrogens with one attached hydrogen (secondary N) is 1. The fourth-order valence-corrected chi connectivity index (χ4v) is 3.80. The van der Waals surface area contributed by atoms with Crippen LogP contribution in [0.2, 0.25) is 0 Å². The number of halogens is 1. The first kappa shape index (κ1) is 21.1. The molecule has 1 fully saturated rings. The number of hydrogen-bond donors (Lipinski definition) is 4. The van der Waals surface area contributed by atoms with E-state index in [1.165, 1.54) is 18.5 Å². The van der Waals surface area contributed by atoms with Crippen molar-refractivity contribution in [3.63, 3.8) is 0 Å². The van der Waals surface area contributed by atoms with Gasteiger partial charge in [0.2, 0.25) is 0 Å². The van der Waals surface area contributed by atoms with Crippen LogP contribution < -0.4 is 16.8 Å². The molecule has 146 valence electrons. The highest BCUT2D eigenvalue weighted by Gasteiger charge is 2.35. The Kier molecular flexibility index (Phi) is 7.58. The van der Waals surface area contributed by atoms with E-state index in [9.17, 15) is 9.50 Å². The molecule has 0 bridgehead atoms. The Hall–Kier alpha value is -2.16. The Morgan fingerprint density at radius 1 is 1.30 bits per heavy atom. The Labute approximate surface area is 163 Å². The summed E-state index contributed by atoms with van der Waals surface area (Å²) >= 11 is 1.60. The van der Waals surface area contributed by atoms with Crippen molar-refractivity contribution < 1.29 is 9.50 Å². The van der Waals surface area contributed by atoms with Crippen molar-refractivity contribution in [3.8, 4) is 0 Å². The minimum absolute atomic E-state index is 0.0900. The van der Waals surface area contributed by atoms with Gasteiger partial charge in [0.1, 0.15) is 17.8 Å². The lowest BCUT2D eigenvalue weighted by Crippen LogP contribution is -2.35. The third kappa shape index (κ3) is 5.18. The van der Waals surface area contributed by atoms with Crippen LogP contribution in [0.3, 0.4) is 0 Å². The molecule has 27 heavy (non-hydrogen) atoms. The van der Waals surface area contributed by atoms with Gasteiger partial charge in [-0.3, -0.25) is 0 Å². The van der Waals surface area contributed by atoms with E-state index in [1.54, 1.807) is 23.9 Å². The first-order valence-corrected chi connectivity index (χ1v) is 9.82. The number of nitrogens with two attached hydrogens (primary N) is 2. The molecule has 0 aliphatic carbocycles. The van der Waals surface area contributed by atoms with Gasteiger partial charge in [0.25, 0.3) is 0 Å². The van der Waals surface area contributed by atoms with Gasteiger partial charge in [-0.2, -0.15) is 0 Å². The number of nitrogens with zero attached hydrogens (tertiary/aromatic N) is 2. The van der Waals surface area contributed by atoms with Crippen LogP contribution in [0, 0.1) is 5.82 Å². The quantitative estimate of drug-likeness (QED) is 0.580. The molecule has 1 aliphatic rings. The lowest BCUT2D eigenvalue weighted by Gasteiger charge is -2.19. The lowest BCUT2D eigenvalue weighted by molar-refractivity contribution is 0.176. The maximum atomic E-state index is 12.9. The van der Waals surface area contributed by atoms with Gasteiger partial charge in [0, 0.05) is 16.7 Å². The average molecular weight is 392 g/mol. The molecule has 1 saturated heterocycles. The van der Waals surface area contributed by atoms with E-state index in [-0.39, 0.29) is 29.4 Å². The van der Waals surface area contributed by atoms with Crippen molar-refractivity contribution in [2.75, 3.05) is 17.2 Å². The molecule has 0 radical (unpaired) electrons. The predicted molar refractivity (Wildman–Crippen MR) is 110 cm³/mol. The van der Waals surface area contributed by atoms with Gasteiger partial charge in [-0.1, -0.05) is 20.4 Å². The Morgan fingerprint density at radius 3 is 2.63 bits per heavy atom. The molecule has 0 saturated carbocycles. The van der Waals surface area contributed by atoms with E-state index in [2.05, 4.69) is 21.9 Å². The third-order valence-electron chi connectivity index (χ3n) is 4.19. The Bertz CT molecular complexity index is 771. The lowest BCUT2D eigenvalue weighted by atomic mass is 10.0. The molecule has 3 atom stereocenters. The van der Waals surface area contributed by atoms with Crippen LogP contribution >= 0.6 is 11.8 Å². The molecule has 1 aromatic heterocycles. The number of anilines is 2. The number of aromatic nitrogens is 2. The molecule has 2 heterocycles. The molecule has 8 heteroatoms. The second kappa shape index (κ2) is 9.68. The van der Waals surface area contributed by atoms with E-state index in [4.69, 9.17) is 11.5 Å². The Balaban J connectivity index is 0.00000126. The highest BCUT2D eigenvalue weighted by atomic mass is 32.2. The van der Waals surface area contributed by atoms with Gasteiger partial charge in [-0.15, -0.1) is 11.8 Å². The molecular weight excluding hydrogens is 365 g/mol. The van der Waals surface area contributed by atoms with Gasteiger partial charge >= 0.3 is 0 Å². The number of nitrogen functional groups attached to an aromatic ring is 2. The van der Waals surface area contributed by atoms with Crippen molar-refractivity contribution in [2.45, 2.75) is 43.4 Å². The second-order valence-corrected chi connectivity index (χ2v) is 7.05. The highest BCUT2D eigenvalue weighted by Crippen LogP contribution is 2.31. The van der Waals surface area contributed by atoms with Gasteiger partial charge in [-0.05, 0) is 36.3 Å². The van der Waals surface area contributed by atoms with Crippen LogP contribution in [0.5, 0.6) is 0 Å². The number of benzene rings is 1. The van der Waals surface area contributed by atoms with E-state index in [1.807, 2.05) is 13.8 Å². The minimum atomic E-state index is -0.595. The number of rotatable bonds is 5. The summed E-state index contributed by atoms with van der Waals surface area (Å²) in [5, 5.41) is 13.8. The smallest absolute Gasteiger partial charge is 0.150 e. The summed E-state index contributed by atoms with van der Waals surface area (Å²) in [5.41, 5.74) is 12.9. The standard InChI is InChI=1S/C17H20FN5OS.C2H6/c1-9(16-14(19)17(20)22-8-21-16)15-13(24)6-11(23-15)7-25-12-4-2-10(18)3-5-12;1-2/h2-5,8,11,13,15,23-24H,1,6-7,19H2,(H2,20,21,22);1-2H3. The first-order chi connectivity index (χ1) is 13.0. The zero-order valence-electron chi connectivity index (χ0n) is 15.5. The van der Waals surface area contributed by atoms with Gasteiger partial charge in [0.15, 0.2) is 5.82 Å². The van der Waals surface area contributed by atoms with Crippen LogP contribution in [-0.2, 0) is 0 Å². The Morgan fingerprint density at radius 2 is 1.96 bits per heavy atom. The molecule has 3 unspecified atom stereocenters. The molecular formula is C19H26FN5OS. The van der Waals surface area contributed by atoms with Crippen LogP contribution in [-0.4, -0.2) is 39.0 Å². The fourth-order valence-electron chi connectivity index (χ4n) is 2.85. The predicted octanol–water partition coefficient (Wildman–Crippen LogP) is 2.70. The van der Waals surface area contributed by atoms with E-state index in [0.29, 0.717) is 17.7 Å². The van der Waals surface area contributed by atoms with Crippen LogP contribution in [0.15, 0.2) is 42.1 Å². The van der Waals surface area contributed by atoms with Gasteiger partial charge < -0.3 is 21.9 Å². The largest absolute Gasteiger partial charge is 0.394 e. The zero-order chi connectivity index (χ0) is 20.0. The molecule has 3 rings (SSSR count). The molecule has 1 aromatic carbocycles. The number of hydrogen-bond acceptors (Lipinski definition) is 7. The summed E-state index contributed by atoms with van der Waals surface area (Å²) in [6.45, 7) is 8.02. The summed E-state index contributed by atoms with van der Waals surface area (Å²) in [5.74, 6) is 0.687. The third-order valence-corrected chi connectivity index (χ3v) is 5.36. The zero-order valence-corrected chi connectivity index (χ0v) is 16.3. The van der Waals surface area contributed by atoms with Crippen LogP contribution in [0.4, 0.5) is 15.9 Å². The van der Waals surface area contributed by atoms with Gasteiger partial charge in [-0.25, -0.2) is 14.4 Å². The molecule has 6 N–H and O–H groups in total. The fraction of sp³-hybridized carbons (Fsp3) is 0.368. The molecule has 0 amide bonds. The van der Waals surface area contributed by atoms with Crippen molar-refractivity contribution in [3.05, 3.63) is 48.7 Å². The summed E-state index contributed by atoms with van der Waals surface area (Å²) < 4.78 is 12.9. The van der Waals surface area contributed by atoms with E-state index >= 15 is 0 Å². The molecule has 1 aliphatic heterocycles. The van der Waals surface area contributed by atoms with Crippen molar-refractivity contribution in [1.29, 1.82) is 0 Å². The van der Waals surface area contributed by atoms with Crippen LogP contribution in [0.25, 0.3) is 5.57 Å². The molecule has 0 spiro atoms. The number of aliphatic hydroxyl groups is 1. The average Bonchev–Trinajstić information content (AvgIpc) is 3.05. The van der Waals surface area contributed by atoms with Crippen molar-refractivity contribution in [2.24, 2.45) is 0 Å². The van der Waals surface area contributed by atoms with Gasteiger partial charge in [0.05, 0.1) is 17.8 Å². The SMILES string of the molecule is C=C(c1ncnc(N)c1N)C1NC(CSc2ccc(F)cc2)CC1O.CC. The summed E-state index contributed by atoms with van der Waals surface area (Å²) in [6.07, 6.45) is 1.32. The van der Waals surface area contributed by atoms with Crippen LogP contribution in [0.1, 0.15) is 26.0 Å². The monoisotopic (exact) mass is 391 g/mol. The maximum Gasteiger partial charge on any atom is 0.150 e. The second-order valence-electron chi connectivity index (χ2n) is 5.96. The van der Waals surface area contributed by atoms with E-state index in [0.717, 1.165) is 10.6 Å². The summed E-state index contributed by atoms with van der Waals surface area (Å²) in [6, 6.07) is 6.10. The summed E-state index contributed by atoms with van der Waals surface area (Å²) in [7, 11) is 0. The minimum Gasteiger partial charge on any atom is -0.394 e. The van der Waals surface area contributed by atoms with Crippen molar-refractivity contribution in [1.82, 2.24) is 15.3 Å². The topological polar surface area (TPSA) is 110 Å². The normalized spacial score (nSPS) is 21.4.